The number of likely N-dealkylation sites (tertiary alicyclic amines) is 1. The molecule has 1 atom stereocenters. The Labute approximate surface area is 282 Å². The van der Waals surface area contributed by atoms with Gasteiger partial charge < -0.3 is 14.8 Å². The lowest BCUT2D eigenvalue weighted by atomic mass is 10.0. The molecular weight excluding hydrogens is 627 g/mol. The summed E-state index contributed by atoms with van der Waals surface area (Å²) in [4.78, 5) is 67.7. The van der Waals surface area contributed by atoms with Crippen LogP contribution in [0.3, 0.4) is 0 Å². The summed E-state index contributed by atoms with van der Waals surface area (Å²) in [7, 11) is -1.36. The van der Waals surface area contributed by atoms with E-state index in [2.05, 4.69) is 25.0 Å². The molecule has 2 heterocycles. The number of nitrogens with zero attached hydrogens (tertiary/aromatic N) is 2. The Balaban J connectivity index is 1.24. The normalized spacial score (nSPS) is 16.8. The van der Waals surface area contributed by atoms with Crippen LogP contribution in [0, 0.1) is 0 Å². The van der Waals surface area contributed by atoms with Crippen LogP contribution in [0.2, 0.25) is 25.7 Å². The van der Waals surface area contributed by atoms with Gasteiger partial charge in [-0.1, -0.05) is 62.1 Å². The largest absolute Gasteiger partial charge is 0.456 e. The number of benzene rings is 3. The van der Waals surface area contributed by atoms with Gasteiger partial charge in [0.1, 0.15) is 18.4 Å². The SMILES string of the molecule is CC(C)(C)OC(=O)c1ccc(-c2ccc(CNc3cccc4c3C(=O)N(C3CCC(=O)N(COCC[Si](C)(C)C)C3=O)C4=O)cc2)cc1. The third-order valence-corrected chi connectivity index (χ3v) is 9.95. The molecular formula is C37H43N3O7Si. The summed E-state index contributed by atoms with van der Waals surface area (Å²) >= 11 is 0. The van der Waals surface area contributed by atoms with E-state index in [0.717, 1.165) is 32.5 Å². The maximum atomic E-state index is 13.7. The van der Waals surface area contributed by atoms with Gasteiger partial charge in [-0.15, -0.1) is 0 Å². The number of hydrogen-bond acceptors (Lipinski definition) is 8. The average Bonchev–Trinajstić information content (AvgIpc) is 3.28. The zero-order chi connectivity index (χ0) is 34.8. The molecule has 0 radical (unpaired) electrons. The number of nitrogens with one attached hydrogen (secondary N) is 1. The molecule has 0 saturated carbocycles. The Hall–Kier alpha value is -4.61. The van der Waals surface area contributed by atoms with E-state index in [1.807, 2.05) is 57.2 Å². The Kier molecular flexibility index (Phi) is 10.0. The third-order valence-electron chi connectivity index (χ3n) is 8.25. The van der Waals surface area contributed by atoms with Gasteiger partial charge in [0.2, 0.25) is 5.91 Å². The number of hydrogen-bond donors (Lipinski definition) is 1. The van der Waals surface area contributed by atoms with Gasteiger partial charge in [0.15, 0.2) is 0 Å². The summed E-state index contributed by atoms with van der Waals surface area (Å²) in [6, 6.07) is 19.9. The van der Waals surface area contributed by atoms with Crippen molar-refractivity contribution < 1.29 is 33.4 Å². The molecule has 1 N–H and O–H groups in total. The fourth-order valence-corrected chi connectivity index (χ4v) is 6.37. The molecule has 3 aromatic carbocycles. The molecule has 2 aliphatic heterocycles. The first-order chi connectivity index (χ1) is 22.6. The Morgan fingerprint density at radius 2 is 1.54 bits per heavy atom. The molecule has 5 rings (SSSR count). The molecule has 11 heteroatoms. The number of anilines is 1. The van der Waals surface area contributed by atoms with Gasteiger partial charge in [-0.25, -0.2) is 4.79 Å². The maximum absolute atomic E-state index is 13.7. The predicted octanol–water partition coefficient (Wildman–Crippen LogP) is 6.35. The van der Waals surface area contributed by atoms with E-state index in [0.29, 0.717) is 24.4 Å². The molecule has 48 heavy (non-hydrogen) atoms. The molecule has 0 bridgehead atoms. The minimum Gasteiger partial charge on any atom is -0.456 e. The number of ether oxygens (including phenoxy) is 2. The number of imide groups is 2. The standard InChI is InChI=1S/C37H43N3O7Si/c1-37(2,3)47-36(45)27-16-14-26(15-17-27)25-12-10-24(11-13-25)22-38-29-9-7-8-28-32(29)35(44)40(33(28)42)30-18-19-31(41)39(34(30)43)23-46-20-21-48(4,5)6/h7-17,30,38H,18-23H2,1-6H3. The van der Waals surface area contributed by atoms with Crippen molar-refractivity contribution in [2.24, 2.45) is 0 Å². The number of rotatable bonds is 11. The summed E-state index contributed by atoms with van der Waals surface area (Å²) in [6.07, 6.45) is 0.115. The predicted molar refractivity (Wildman–Crippen MR) is 185 cm³/mol. The van der Waals surface area contributed by atoms with E-state index in [9.17, 15) is 24.0 Å². The molecule has 0 aliphatic carbocycles. The van der Waals surface area contributed by atoms with Gasteiger partial charge >= 0.3 is 5.97 Å². The van der Waals surface area contributed by atoms with Crippen LogP contribution in [-0.4, -0.2) is 72.5 Å². The fourth-order valence-electron chi connectivity index (χ4n) is 5.61. The number of carbonyl (C=O) groups excluding carboxylic acids is 5. The Morgan fingerprint density at radius 1 is 0.896 bits per heavy atom. The molecule has 252 valence electrons. The van der Waals surface area contributed by atoms with E-state index in [1.165, 1.54) is 0 Å². The van der Waals surface area contributed by atoms with E-state index >= 15 is 0 Å². The first-order valence-electron chi connectivity index (χ1n) is 16.2. The summed E-state index contributed by atoms with van der Waals surface area (Å²) in [5.41, 5.74) is 3.70. The molecule has 2 aliphatic rings. The molecule has 0 aromatic heterocycles. The molecule has 3 aromatic rings. The van der Waals surface area contributed by atoms with Crippen molar-refractivity contribution >= 4 is 43.4 Å². The van der Waals surface area contributed by atoms with Crippen LogP contribution in [-0.2, 0) is 25.6 Å². The quantitative estimate of drug-likeness (QED) is 0.109. The lowest BCUT2D eigenvalue weighted by molar-refractivity contribution is -0.158. The highest BCUT2D eigenvalue weighted by Crippen LogP contribution is 2.34. The van der Waals surface area contributed by atoms with E-state index < -0.39 is 37.4 Å². The van der Waals surface area contributed by atoms with Crippen LogP contribution in [0.5, 0.6) is 0 Å². The number of fused-ring (bicyclic) bond motifs is 1. The topological polar surface area (TPSA) is 122 Å². The van der Waals surface area contributed by atoms with Crippen LogP contribution >= 0.6 is 0 Å². The van der Waals surface area contributed by atoms with E-state index in [1.54, 1.807) is 30.3 Å². The number of carbonyl (C=O) groups is 5. The van der Waals surface area contributed by atoms with Crippen LogP contribution in [0.1, 0.15) is 70.3 Å². The maximum Gasteiger partial charge on any atom is 0.338 e. The lowest BCUT2D eigenvalue weighted by Gasteiger charge is -2.34. The van der Waals surface area contributed by atoms with Crippen molar-refractivity contribution in [2.45, 2.75) is 77.5 Å². The average molecular weight is 670 g/mol. The summed E-state index contributed by atoms with van der Waals surface area (Å²) in [6.45, 7) is 12.8. The fraction of sp³-hybridized carbons (Fsp3) is 0.378. The van der Waals surface area contributed by atoms with Gasteiger partial charge in [0.25, 0.3) is 17.7 Å². The van der Waals surface area contributed by atoms with Crippen LogP contribution in [0.15, 0.2) is 66.7 Å². The van der Waals surface area contributed by atoms with Gasteiger partial charge in [0, 0.05) is 33.3 Å². The monoisotopic (exact) mass is 669 g/mol. The molecule has 0 spiro atoms. The Morgan fingerprint density at radius 3 is 2.17 bits per heavy atom. The van der Waals surface area contributed by atoms with Crippen molar-refractivity contribution in [3.8, 4) is 11.1 Å². The van der Waals surface area contributed by atoms with Crippen molar-refractivity contribution in [3.05, 3.63) is 89.0 Å². The minimum atomic E-state index is -1.36. The van der Waals surface area contributed by atoms with Crippen molar-refractivity contribution in [1.82, 2.24) is 9.80 Å². The molecule has 1 unspecified atom stereocenters. The van der Waals surface area contributed by atoms with Gasteiger partial charge in [-0.3, -0.25) is 29.0 Å². The molecule has 1 saturated heterocycles. The third kappa shape index (κ3) is 7.91. The zero-order valence-electron chi connectivity index (χ0n) is 28.4. The first-order valence-corrected chi connectivity index (χ1v) is 19.9. The summed E-state index contributed by atoms with van der Waals surface area (Å²) in [5.74, 6) is -2.44. The smallest absolute Gasteiger partial charge is 0.338 e. The van der Waals surface area contributed by atoms with Crippen LogP contribution < -0.4 is 5.32 Å². The van der Waals surface area contributed by atoms with Crippen molar-refractivity contribution in [2.75, 3.05) is 18.7 Å². The molecule has 4 amide bonds. The number of esters is 1. The van der Waals surface area contributed by atoms with Gasteiger partial charge in [0.05, 0.1) is 16.7 Å². The second kappa shape index (κ2) is 13.9. The summed E-state index contributed by atoms with van der Waals surface area (Å²) < 4.78 is 11.1. The van der Waals surface area contributed by atoms with E-state index in [4.69, 9.17) is 9.47 Å². The Bertz CT molecular complexity index is 1720. The number of amides is 4. The van der Waals surface area contributed by atoms with Crippen molar-refractivity contribution in [1.29, 1.82) is 0 Å². The minimum absolute atomic E-state index is 0.0379. The van der Waals surface area contributed by atoms with Gasteiger partial charge in [-0.2, -0.15) is 0 Å². The van der Waals surface area contributed by atoms with Crippen molar-refractivity contribution in [3.63, 3.8) is 0 Å². The van der Waals surface area contributed by atoms with Crippen LogP contribution in [0.4, 0.5) is 5.69 Å². The lowest BCUT2D eigenvalue weighted by Crippen LogP contribution is -2.56. The zero-order valence-corrected chi connectivity index (χ0v) is 29.4. The molecule has 10 nitrogen and oxygen atoms in total. The number of piperidine rings is 1. The van der Waals surface area contributed by atoms with Crippen LogP contribution in [0.25, 0.3) is 11.1 Å². The highest BCUT2D eigenvalue weighted by Gasteiger charge is 2.47. The highest BCUT2D eigenvalue weighted by atomic mass is 28.3. The second-order valence-electron chi connectivity index (χ2n) is 14.4. The highest BCUT2D eigenvalue weighted by molar-refractivity contribution is 6.76. The van der Waals surface area contributed by atoms with E-state index in [-0.39, 0.29) is 42.6 Å². The second-order valence-corrected chi connectivity index (χ2v) is 20.0. The van der Waals surface area contributed by atoms with Gasteiger partial charge in [-0.05, 0) is 74.2 Å². The summed E-state index contributed by atoms with van der Waals surface area (Å²) in [5, 5.41) is 3.29. The molecule has 1 fully saturated rings. The first kappa shape index (κ1) is 34.7.